The lowest BCUT2D eigenvalue weighted by molar-refractivity contribution is 0.589. The lowest BCUT2D eigenvalue weighted by atomic mass is 10.4. The van der Waals surface area contributed by atoms with Gasteiger partial charge >= 0.3 is 0 Å². The van der Waals surface area contributed by atoms with Crippen LogP contribution in [0.2, 0.25) is 0 Å². The van der Waals surface area contributed by atoms with Crippen LogP contribution in [0.1, 0.15) is 30.5 Å². The Hall–Kier alpha value is -0.450. The summed E-state index contributed by atoms with van der Waals surface area (Å²) in [6, 6.07) is 0. The molecule has 1 aromatic heterocycles. The Balaban J connectivity index is 1.93. The Kier molecular flexibility index (Phi) is 6.55. The molecule has 1 heterocycles. The highest BCUT2D eigenvalue weighted by molar-refractivity contribution is 7.09. The quantitative estimate of drug-likeness (QED) is 0.666. The van der Waals surface area contributed by atoms with Gasteiger partial charge in [-0.2, -0.15) is 0 Å². The highest BCUT2D eigenvalue weighted by Crippen LogP contribution is 2.06. The summed E-state index contributed by atoms with van der Waals surface area (Å²) in [5.41, 5.74) is 1.17. The van der Waals surface area contributed by atoms with E-state index in [9.17, 15) is 0 Å². The Bertz CT molecular complexity index is 260. The van der Waals surface area contributed by atoms with Crippen LogP contribution >= 0.6 is 11.3 Å². The van der Waals surface area contributed by atoms with Crippen molar-refractivity contribution in [3.8, 4) is 0 Å². The molecule has 0 fully saturated rings. The van der Waals surface area contributed by atoms with E-state index in [1.807, 2.05) is 6.92 Å². The van der Waals surface area contributed by atoms with Crippen molar-refractivity contribution in [1.82, 2.24) is 15.6 Å². The SMILES string of the molecule is CCCNCCCNCc1csc(C)n1. The summed E-state index contributed by atoms with van der Waals surface area (Å²) in [4.78, 5) is 4.40. The summed E-state index contributed by atoms with van der Waals surface area (Å²) in [5.74, 6) is 0. The molecule has 0 bridgehead atoms. The molecular weight excluding hydrogens is 206 g/mol. The molecule has 0 aliphatic heterocycles. The number of rotatable bonds is 8. The Labute approximate surface area is 96.3 Å². The molecule has 0 saturated carbocycles. The van der Waals surface area contributed by atoms with Crippen molar-refractivity contribution in [1.29, 1.82) is 0 Å². The molecule has 0 saturated heterocycles. The van der Waals surface area contributed by atoms with Crippen LogP contribution in [-0.2, 0) is 6.54 Å². The fraction of sp³-hybridized carbons (Fsp3) is 0.727. The molecule has 1 rings (SSSR count). The second-order valence-corrected chi connectivity index (χ2v) is 4.70. The molecule has 0 aliphatic carbocycles. The second kappa shape index (κ2) is 7.79. The molecule has 0 spiro atoms. The fourth-order valence-corrected chi connectivity index (χ4v) is 1.96. The maximum Gasteiger partial charge on any atom is 0.0897 e. The predicted octanol–water partition coefficient (Wildman–Crippen LogP) is 1.93. The maximum atomic E-state index is 4.40. The minimum absolute atomic E-state index is 0.901. The van der Waals surface area contributed by atoms with Gasteiger partial charge in [0.2, 0.25) is 0 Å². The first kappa shape index (κ1) is 12.6. The third-order valence-corrected chi connectivity index (χ3v) is 2.93. The van der Waals surface area contributed by atoms with Gasteiger partial charge in [-0.3, -0.25) is 0 Å². The first-order valence-corrected chi connectivity index (χ1v) is 6.53. The van der Waals surface area contributed by atoms with Crippen LogP contribution in [0, 0.1) is 6.92 Å². The summed E-state index contributed by atoms with van der Waals surface area (Å²) >= 11 is 1.72. The number of nitrogens with one attached hydrogen (secondary N) is 2. The van der Waals surface area contributed by atoms with Gasteiger partial charge in [-0.1, -0.05) is 6.92 Å². The second-order valence-electron chi connectivity index (χ2n) is 3.64. The molecule has 0 amide bonds. The standard InChI is InChI=1S/C11H21N3S/c1-3-5-12-6-4-7-13-8-11-9-15-10(2)14-11/h9,12-13H,3-8H2,1-2H3. The molecule has 0 atom stereocenters. The summed E-state index contributed by atoms with van der Waals surface area (Å²) in [6.45, 7) is 8.44. The zero-order valence-electron chi connectivity index (χ0n) is 9.68. The highest BCUT2D eigenvalue weighted by Gasteiger charge is 1.96. The monoisotopic (exact) mass is 227 g/mol. The number of hydrogen-bond donors (Lipinski definition) is 2. The van der Waals surface area contributed by atoms with E-state index in [0.717, 1.165) is 31.2 Å². The van der Waals surface area contributed by atoms with Gasteiger partial charge in [-0.15, -0.1) is 11.3 Å². The maximum absolute atomic E-state index is 4.40. The van der Waals surface area contributed by atoms with Crippen molar-refractivity contribution in [2.45, 2.75) is 33.2 Å². The lowest BCUT2D eigenvalue weighted by Crippen LogP contribution is -2.22. The summed E-state index contributed by atoms with van der Waals surface area (Å²) < 4.78 is 0. The zero-order valence-corrected chi connectivity index (χ0v) is 10.5. The summed E-state index contributed by atoms with van der Waals surface area (Å²) in [7, 11) is 0. The molecule has 3 nitrogen and oxygen atoms in total. The number of thiazole rings is 1. The molecule has 1 aromatic rings. The molecule has 0 radical (unpaired) electrons. The molecule has 2 N–H and O–H groups in total. The van der Waals surface area contributed by atoms with Crippen molar-refractivity contribution < 1.29 is 0 Å². The van der Waals surface area contributed by atoms with Gasteiger partial charge in [0.1, 0.15) is 0 Å². The topological polar surface area (TPSA) is 37.0 Å². The molecule has 0 unspecified atom stereocenters. The minimum atomic E-state index is 0.901. The molecule has 15 heavy (non-hydrogen) atoms. The van der Waals surface area contributed by atoms with Crippen LogP contribution in [0.5, 0.6) is 0 Å². The number of aromatic nitrogens is 1. The molecular formula is C11H21N3S. The average Bonchev–Trinajstić information content (AvgIpc) is 2.63. The molecule has 4 heteroatoms. The Morgan fingerprint density at radius 1 is 1.27 bits per heavy atom. The summed E-state index contributed by atoms with van der Waals surface area (Å²) in [6.07, 6.45) is 2.40. The number of nitrogens with zero attached hydrogens (tertiary/aromatic N) is 1. The first-order chi connectivity index (χ1) is 7.33. The van der Waals surface area contributed by atoms with Crippen molar-refractivity contribution in [3.63, 3.8) is 0 Å². The van der Waals surface area contributed by atoms with Gasteiger partial charge in [-0.25, -0.2) is 4.98 Å². The van der Waals surface area contributed by atoms with Crippen LogP contribution in [0.3, 0.4) is 0 Å². The molecule has 0 aromatic carbocycles. The van der Waals surface area contributed by atoms with Crippen LogP contribution in [-0.4, -0.2) is 24.6 Å². The van der Waals surface area contributed by atoms with Crippen LogP contribution in [0.25, 0.3) is 0 Å². The van der Waals surface area contributed by atoms with Crippen LogP contribution in [0.4, 0.5) is 0 Å². The van der Waals surface area contributed by atoms with Crippen molar-refractivity contribution in [3.05, 3.63) is 16.1 Å². The summed E-state index contributed by atoms with van der Waals surface area (Å²) in [5, 5.41) is 10.1. The van der Waals surface area contributed by atoms with Gasteiger partial charge < -0.3 is 10.6 Å². The van der Waals surface area contributed by atoms with E-state index >= 15 is 0 Å². The van der Waals surface area contributed by atoms with Gasteiger partial charge in [0.05, 0.1) is 10.7 Å². The van der Waals surface area contributed by atoms with Gasteiger partial charge in [0.15, 0.2) is 0 Å². The van der Waals surface area contributed by atoms with E-state index in [0.29, 0.717) is 0 Å². The molecule has 86 valence electrons. The smallest absolute Gasteiger partial charge is 0.0897 e. The first-order valence-electron chi connectivity index (χ1n) is 5.65. The lowest BCUT2D eigenvalue weighted by Gasteiger charge is -2.03. The van der Waals surface area contributed by atoms with Crippen molar-refractivity contribution in [2.24, 2.45) is 0 Å². The molecule has 0 aliphatic rings. The van der Waals surface area contributed by atoms with Gasteiger partial charge in [-0.05, 0) is 39.4 Å². The van der Waals surface area contributed by atoms with E-state index in [4.69, 9.17) is 0 Å². The zero-order chi connectivity index (χ0) is 10.9. The number of aryl methyl sites for hydroxylation is 1. The van der Waals surface area contributed by atoms with E-state index in [2.05, 4.69) is 27.9 Å². The minimum Gasteiger partial charge on any atom is -0.317 e. The highest BCUT2D eigenvalue weighted by atomic mass is 32.1. The Morgan fingerprint density at radius 3 is 2.73 bits per heavy atom. The van der Waals surface area contributed by atoms with Crippen LogP contribution in [0.15, 0.2) is 5.38 Å². The average molecular weight is 227 g/mol. The third kappa shape index (κ3) is 5.87. The van der Waals surface area contributed by atoms with Gasteiger partial charge in [0.25, 0.3) is 0 Å². The fourth-order valence-electron chi connectivity index (χ4n) is 1.35. The predicted molar refractivity (Wildman–Crippen MR) is 66.3 cm³/mol. The third-order valence-electron chi connectivity index (χ3n) is 2.11. The van der Waals surface area contributed by atoms with E-state index < -0.39 is 0 Å². The van der Waals surface area contributed by atoms with E-state index in [1.165, 1.54) is 18.5 Å². The van der Waals surface area contributed by atoms with Crippen molar-refractivity contribution in [2.75, 3.05) is 19.6 Å². The number of hydrogen-bond acceptors (Lipinski definition) is 4. The van der Waals surface area contributed by atoms with E-state index in [-0.39, 0.29) is 0 Å². The van der Waals surface area contributed by atoms with Crippen LogP contribution < -0.4 is 10.6 Å². The Morgan fingerprint density at radius 2 is 2.07 bits per heavy atom. The van der Waals surface area contributed by atoms with Gasteiger partial charge in [0, 0.05) is 11.9 Å². The van der Waals surface area contributed by atoms with E-state index in [1.54, 1.807) is 11.3 Å². The normalized spacial score (nSPS) is 10.8. The largest absolute Gasteiger partial charge is 0.317 e. The van der Waals surface area contributed by atoms with Crippen molar-refractivity contribution >= 4 is 11.3 Å².